The average Bonchev–Trinajstić information content (AvgIpc) is 2.84. The van der Waals surface area contributed by atoms with Gasteiger partial charge in [-0.3, -0.25) is 4.98 Å². The van der Waals surface area contributed by atoms with Crippen molar-refractivity contribution in [2.45, 2.75) is 33.7 Å². The molecule has 8 nitrogen and oxygen atoms in total. The van der Waals surface area contributed by atoms with Gasteiger partial charge >= 0.3 is 12.1 Å². The first-order valence-corrected chi connectivity index (χ1v) is 10.8. The van der Waals surface area contributed by atoms with Gasteiger partial charge in [0.1, 0.15) is 17.5 Å². The summed E-state index contributed by atoms with van der Waals surface area (Å²) in [5.41, 5.74) is 2.23. The lowest BCUT2D eigenvalue weighted by Crippen LogP contribution is -2.27. The van der Waals surface area contributed by atoms with Crippen LogP contribution in [-0.4, -0.2) is 37.7 Å². The number of nitrogens with one attached hydrogen (secondary N) is 1. The van der Waals surface area contributed by atoms with E-state index in [1.165, 1.54) is 12.1 Å². The van der Waals surface area contributed by atoms with Crippen LogP contribution in [0.5, 0.6) is 0 Å². The Bertz CT molecular complexity index is 1430. The Labute approximate surface area is 219 Å². The molecule has 38 heavy (non-hydrogen) atoms. The Hall–Kier alpha value is -4.82. The second-order valence-corrected chi connectivity index (χ2v) is 8.49. The number of carbonyl (C=O) groups is 1. The normalized spacial score (nSPS) is 9.92. The molecule has 198 valence electrons. The second-order valence-electron chi connectivity index (χ2n) is 8.49. The van der Waals surface area contributed by atoms with Crippen LogP contribution in [0, 0.1) is 11.6 Å². The van der Waals surface area contributed by atoms with E-state index in [4.69, 9.17) is 19.7 Å². The van der Waals surface area contributed by atoms with Gasteiger partial charge in [0, 0.05) is 46.6 Å². The van der Waals surface area contributed by atoms with Crippen LogP contribution in [-0.2, 0) is 14.4 Å². The zero-order valence-corrected chi connectivity index (χ0v) is 20.3. The van der Waals surface area contributed by atoms with Crippen LogP contribution >= 0.6 is 0 Å². The fourth-order valence-electron chi connectivity index (χ4n) is 3.09. The predicted octanol–water partition coefficient (Wildman–Crippen LogP) is 6.16. The van der Waals surface area contributed by atoms with E-state index >= 15 is 0 Å². The lowest BCUT2D eigenvalue weighted by atomic mass is 10.0. The molecule has 0 atom stereocenters. The van der Waals surface area contributed by atoms with Crippen molar-refractivity contribution in [3.8, 4) is 22.5 Å². The van der Waals surface area contributed by atoms with Crippen molar-refractivity contribution in [2.24, 2.45) is 0 Å². The van der Waals surface area contributed by atoms with Crippen molar-refractivity contribution in [1.29, 1.82) is 0 Å². The number of hydrogen-bond acceptors (Lipinski definition) is 7. The van der Waals surface area contributed by atoms with Crippen LogP contribution in [0.15, 0.2) is 73.6 Å². The van der Waals surface area contributed by atoms with Crippen molar-refractivity contribution >= 4 is 28.8 Å². The molecule has 0 saturated carbocycles. The number of pyridine rings is 1. The van der Waals surface area contributed by atoms with E-state index in [1.807, 2.05) is 45.0 Å². The van der Waals surface area contributed by atoms with Crippen LogP contribution in [0.4, 0.5) is 14.6 Å². The summed E-state index contributed by atoms with van der Waals surface area (Å²) in [5, 5.41) is 11.8. The molecule has 2 N–H and O–H groups in total. The molecule has 0 amide bonds. The first kappa shape index (κ1) is 31.2. The number of rotatable bonds is 4. The Morgan fingerprint density at radius 3 is 2.24 bits per heavy atom. The summed E-state index contributed by atoms with van der Waals surface area (Å²) in [7, 11) is 0. The number of carboxylic acids is 1. The molecule has 0 aliphatic heterocycles. The molecule has 0 spiro atoms. The second kappa shape index (κ2) is 14.1. The number of fused-ring (bicyclic) bond motifs is 1. The first-order chi connectivity index (χ1) is 17.5. The third-order valence-electron chi connectivity index (χ3n) is 4.53. The van der Waals surface area contributed by atoms with Gasteiger partial charge in [-0.05, 0) is 62.7 Å². The number of carbonyl (C=O) groups excluding carboxylic acids is 2. The molecule has 0 bridgehead atoms. The number of carboxylic acid groups (broad SMARTS) is 1. The summed E-state index contributed by atoms with van der Waals surface area (Å²) in [6, 6.07) is 12.7. The van der Waals surface area contributed by atoms with Gasteiger partial charge in [0.2, 0.25) is 0 Å². The average molecular weight is 523 g/mol. The van der Waals surface area contributed by atoms with E-state index in [-0.39, 0.29) is 19.1 Å². The van der Waals surface area contributed by atoms with Gasteiger partial charge in [0.15, 0.2) is 5.82 Å². The molecule has 2 heterocycles. The van der Waals surface area contributed by atoms with Gasteiger partial charge in [-0.1, -0.05) is 20.1 Å². The van der Waals surface area contributed by atoms with Crippen molar-refractivity contribution in [3.63, 3.8) is 0 Å². The molecular weight excluding hydrogens is 494 g/mol. The molecule has 0 aliphatic rings. The molecule has 2 aromatic carbocycles. The zero-order valence-electron chi connectivity index (χ0n) is 20.3. The first-order valence-electron chi connectivity index (χ1n) is 10.8. The molecule has 0 saturated heterocycles. The lowest BCUT2D eigenvalue weighted by molar-refractivity contribution is -0.191. The van der Waals surface area contributed by atoms with Crippen molar-refractivity contribution in [3.05, 3.63) is 85.2 Å². The summed E-state index contributed by atoms with van der Waals surface area (Å²) in [6.07, 6.45) is 4.49. The number of hydrogen-bond donors (Lipinski definition) is 2. The fraction of sp³-hybridized carbons (Fsp3) is 0.179. The van der Waals surface area contributed by atoms with E-state index in [2.05, 4.69) is 21.9 Å². The largest absolute Gasteiger partial charge is 0.478 e. The number of halogens is 2. The predicted molar refractivity (Wildman–Crippen MR) is 141 cm³/mol. The van der Waals surface area contributed by atoms with Crippen LogP contribution in [0.2, 0.25) is 0 Å². The Kier molecular flexibility index (Phi) is 11.5. The van der Waals surface area contributed by atoms with Gasteiger partial charge in [0.05, 0.1) is 5.52 Å². The molecule has 0 fully saturated rings. The molecule has 2 aromatic heterocycles. The van der Waals surface area contributed by atoms with Crippen LogP contribution in [0.1, 0.15) is 28.2 Å². The Balaban J connectivity index is 0.000000709. The molecule has 0 unspecified atom stereocenters. The zero-order chi connectivity index (χ0) is 27.6. The van der Waals surface area contributed by atoms with Gasteiger partial charge in [0.25, 0.3) is 0 Å². The standard InChI is InChI=1S/C23H20F2N4.C3H4O2.CO2.CH4/c1-23(2,3)29-22-18-11-14(17-8-7-16(24)12-19(17)25)6-9-20(18)27-21(28-22)15-5-4-10-26-13-15;1-2-3(4)5;2-1-3;/h4-13H,1-3H3,(H,27,28,29);2H,1H2,(H,4,5);;1H4. The number of aliphatic carboxylic acids is 1. The summed E-state index contributed by atoms with van der Waals surface area (Å²) in [4.78, 5) is 39.0. The van der Waals surface area contributed by atoms with Crippen molar-refractivity contribution in [1.82, 2.24) is 15.0 Å². The van der Waals surface area contributed by atoms with Gasteiger partial charge in [-0.15, -0.1) is 0 Å². The Morgan fingerprint density at radius 1 is 1.05 bits per heavy atom. The molecule has 0 radical (unpaired) electrons. The molecule has 4 rings (SSSR count). The number of anilines is 1. The maximum atomic E-state index is 14.3. The van der Waals surface area contributed by atoms with Crippen LogP contribution in [0.25, 0.3) is 33.4 Å². The van der Waals surface area contributed by atoms with E-state index in [0.29, 0.717) is 22.8 Å². The summed E-state index contributed by atoms with van der Waals surface area (Å²) in [5.74, 6) is -0.997. The highest BCUT2D eigenvalue weighted by Gasteiger charge is 2.17. The highest BCUT2D eigenvalue weighted by molar-refractivity contribution is 5.94. The van der Waals surface area contributed by atoms with Gasteiger partial charge in [-0.25, -0.2) is 23.5 Å². The maximum Gasteiger partial charge on any atom is 0.373 e. The molecule has 0 aliphatic carbocycles. The molecular formula is C28H28F2N4O4. The summed E-state index contributed by atoms with van der Waals surface area (Å²) >= 11 is 0. The van der Waals surface area contributed by atoms with E-state index in [9.17, 15) is 13.6 Å². The van der Waals surface area contributed by atoms with Crippen LogP contribution < -0.4 is 5.32 Å². The minimum absolute atomic E-state index is 0. The molecule has 10 heteroatoms. The van der Waals surface area contributed by atoms with Crippen molar-refractivity contribution in [2.75, 3.05) is 5.32 Å². The van der Waals surface area contributed by atoms with Gasteiger partial charge in [-0.2, -0.15) is 9.59 Å². The van der Waals surface area contributed by atoms with Crippen molar-refractivity contribution < 1.29 is 28.3 Å². The lowest BCUT2D eigenvalue weighted by Gasteiger charge is -2.23. The van der Waals surface area contributed by atoms with E-state index < -0.39 is 17.6 Å². The number of benzene rings is 2. The number of aromatic nitrogens is 3. The third kappa shape index (κ3) is 9.00. The SMILES string of the molecule is C.C=CC(=O)O.CC(C)(C)Nc1nc(-c2cccnc2)nc2ccc(-c3ccc(F)cc3F)cc12.O=C=O. The smallest absolute Gasteiger partial charge is 0.373 e. The highest BCUT2D eigenvalue weighted by atomic mass is 19.1. The topological polar surface area (TPSA) is 122 Å². The fourth-order valence-corrected chi connectivity index (χ4v) is 3.09. The van der Waals surface area contributed by atoms with E-state index in [0.717, 1.165) is 28.6 Å². The number of nitrogens with zero attached hydrogens (tertiary/aromatic N) is 3. The minimum Gasteiger partial charge on any atom is -0.478 e. The maximum absolute atomic E-state index is 14.3. The summed E-state index contributed by atoms with van der Waals surface area (Å²) in [6.45, 7) is 9.07. The quantitative estimate of drug-likeness (QED) is 0.306. The monoisotopic (exact) mass is 522 g/mol. The third-order valence-corrected chi connectivity index (χ3v) is 4.53. The minimum atomic E-state index is -0.981. The van der Waals surface area contributed by atoms with Crippen LogP contribution in [0.3, 0.4) is 0 Å². The van der Waals surface area contributed by atoms with Gasteiger partial charge < -0.3 is 10.4 Å². The molecule has 4 aromatic rings. The Morgan fingerprint density at radius 2 is 1.71 bits per heavy atom. The highest BCUT2D eigenvalue weighted by Crippen LogP contribution is 2.32. The summed E-state index contributed by atoms with van der Waals surface area (Å²) < 4.78 is 27.6. The van der Waals surface area contributed by atoms with E-state index in [1.54, 1.807) is 18.5 Å².